The van der Waals surface area contributed by atoms with E-state index in [9.17, 15) is 43.2 Å². The Bertz CT molecular complexity index is 3130. The Kier molecular flexibility index (Phi) is 20.6. The average Bonchev–Trinajstić information content (AvgIpc) is 4.14. The fourth-order valence-corrected chi connectivity index (χ4v) is 10.7. The first-order valence-corrected chi connectivity index (χ1v) is 25.6. The van der Waals surface area contributed by atoms with Crippen molar-refractivity contribution < 1.29 is 56.6 Å². The third-order valence-corrected chi connectivity index (χ3v) is 15.2. The number of nitrogens with zero attached hydrogens (tertiary/aromatic N) is 5. The number of piperidine rings is 3. The maximum absolute atomic E-state index is 12.6. The predicted octanol–water partition coefficient (Wildman–Crippen LogP) is 8.41. The van der Waals surface area contributed by atoms with E-state index < -0.39 is 40.3 Å². The average molecular weight is 1080 g/mol. The third-order valence-electron chi connectivity index (χ3n) is 11.6. The fourth-order valence-electron chi connectivity index (χ4n) is 7.68. The Morgan fingerprint density at radius 3 is 1.25 bits per heavy atom. The highest BCUT2D eigenvalue weighted by Crippen LogP contribution is 2.34. The van der Waals surface area contributed by atoms with Gasteiger partial charge in [-0.05, 0) is 87.6 Å². The number of aromatic carboxylic acids is 1. The molecule has 21 nitrogen and oxygen atoms in total. The van der Waals surface area contributed by atoms with Crippen LogP contribution >= 0.6 is 45.6 Å². The van der Waals surface area contributed by atoms with E-state index in [0.717, 1.165) is 100 Å². The van der Waals surface area contributed by atoms with E-state index >= 15 is 0 Å². The van der Waals surface area contributed by atoms with Crippen LogP contribution in [0.1, 0.15) is 88.9 Å². The van der Waals surface area contributed by atoms with Gasteiger partial charge in [-0.1, -0.05) is 0 Å². The molecule has 0 bridgehead atoms. The summed E-state index contributed by atoms with van der Waals surface area (Å²) in [5, 5.41) is 13.7. The zero-order valence-electron chi connectivity index (χ0n) is 40.6. The number of likely N-dealkylation sites (tertiary alicyclic amines) is 3. The van der Waals surface area contributed by atoms with E-state index in [4.69, 9.17) is 30.0 Å². The number of amides is 5. The van der Waals surface area contributed by atoms with Gasteiger partial charge in [0, 0.05) is 87.0 Å². The van der Waals surface area contributed by atoms with Gasteiger partial charge in [0.1, 0.15) is 26.7 Å². The van der Waals surface area contributed by atoms with Crippen molar-refractivity contribution in [1.82, 2.24) is 14.7 Å². The van der Waals surface area contributed by atoms with Gasteiger partial charge >= 0.3 is 52.2 Å². The van der Waals surface area contributed by atoms with E-state index in [1.165, 1.54) is 77.7 Å². The van der Waals surface area contributed by atoms with Gasteiger partial charge in [0.2, 0.25) is 0 Å². The first-order chi connectivity index (χ1) is 34.4. The number of thiophene rings is 3. The molecule has 9 rings (SSSR count). The molecule has 5 amide bonds. The number of rotatable bonds is 6. The summed E-state index contributed by atoms with van der Waals surface area (Å²) in [7, 11) is 7.55. The summed E-state index contributed by atoms with van der Waals surface area (Å²) in [6.07, 6.45) is 9.79. The first-order valence-electron chi connectivity index (χ1n) is 22.7. The molecule has 0 aromatic carbocycles. The summed E-state index contributed by atoms with van der Waals surface area (Å²) < 4.78 is 26.1. The predicted molar refractivity (Wildman–Crippen MR) is 281 cm³/mol. The lowest BCUT2D eigenvalue weighted by molar-refractivity contribution is 0.0587. The minimum absolute atomic E-state index is 0. The number of carboxylic acid groups (broad SMARTS) is 1. The van der Waals surface area contributed by atoms with Gasteiger partial charge in [-0.2, -0.15) is 0 Å². The topological polar surface area (TPSA) is 260 Å². The van der Waals surface area contributed by atoms with Crippen molar-refractivity contribution in [2.24, 2.45) is 0 Å². The van der Waals surface area contributed by atoms with Gasteiger partial charge in [0.25, 0.3) is 0 Å². The van der Waals surface area contributed by atoms with Crippen LogP contribution in [-0.4, -0.2) is 138 Å². The number of ether oxygens (including phenoxy) is 2. The van der Waals surface area contributed by atoms with E-state index in [2.05, 4.69) is 14.8 Å². The minimum Gasteiger partial charge on any atom is -0.477 e. The van der Waals surface area contributed by atoms with Crippen molar-refractivity contribution in [3.63, 3.8) is 0 Å². The molecule has 6 aromatic rings. The number of fused-ring (bicyclic) bond motifs is 3. The lowest BCUT2D eigenvalue weighted by Gasteiger charge is -2.30. The summed E-state index contributed by atoms with van der Waals surface area (Å²) in [5.41, 5.74) is -1.85. The molecule has 2 N–H and O–H groups in total. The van der Waals surface area contributed by atoms with Crippen LogP contribution in [0.2, 0.25) is 0 Å². The molecule has 0 atom stereocenters. The van der Waals surface area contributed by atoms with Gasteiger partial charge in [0.05, 0.1) is 33.3 Å². The number of esters is 2. The summed E-state index contributed by atoms with van der Waals surface area (Å²) in [4.78, 5) is 113. The SMILES string of the molecule is CN(C(=O)N1CCCCC1)c1cc2oc(=O)c(C(=O)O)cc2s1.CNc1cc2oc(=O)c(C(=O)OC)cc2s1.COC(=O)c1cc2sc(N(C)C(=O)N3CCCCC3)cc2oc1=O.O=C(Cl)N1CCCCC1.[B]. The van der Waals surface area contributed by atoms with Crippen LogP contribution in [0.5, 0.6) is 0 Å². The highest BCUT2D eigenvalue weighted by molar-refractivity contribution is 7.23. The van der Waals surface area contributed by atoms with Crippen molar-refractivity contribution in [3.8, 4) is 0 Å². The molecule has 9 heterocycles. The molecule has 6 aromatic heterocycles. The highest BCUT2D eigenvalue weighted by Gasteiger charge is 2.26. The molecule has 3 saturated heterocycles. The molecule has 0 aliphatic carbocycles. The van der Waals surface area contributed by atoms with Crippen LogP contribution in [0.3, 0.4) is 0 Å². The van der Waals surface area contributed by atoms with E-state index in [-0.39, 0.29) is 37.0 Å². The van der Waals surface area contributed by atoms with Gasteiger partial charge in [0.15, 0.2) is 16.7 Å². The Morgan fingerprint density at radius 1 is 0.562 bits per heavy atom. The smallest absolute Gasteiger partial charge is 0.351 e. The molecule has 73 heavy (non-hydrogen) atoms. The Hall–Kier alpha value is -6.70. The number of hydrogen-bond acceptors (Lipinski definition) is 18. The number of carboxylic acids is 1. The van der Waals surface area contributed by atoms with E-state index in [0.29, 0.717) is 36.2 Å². The minimum atomic E-state index is -1.33. The molecular formula is C47H53BClN6O15S3. The van der Waals surface area contributed by atoms with Gasteiger partial charge in [-0.3, -0.25) is 14.6 Å². The van der Waals surface area contributed by atoms with E-state index in [1.807, 2.05) is 4.90 Å². The summed E-state index contributed by atoms with van der Waals surface area (Å²) >= 11 is 9.15. The van der Waals surface area contributed by atoms with Crippen LogP contribution in [0.25, 0.3) is 30.8 Å². The van der Waals surface area contributed by atoms with Crippen LogP contribution in [0, 0.1) is 0 Å². The first kappa shape index (κ1) is 57.2. The maximum Gasteiger partial charge on any atom is 0.351 e. The molecule has 0 spiro atoms. The third kappa shape index (κ3) is 14.3. The standard InChI is InChI=1S/C16H18N2O5S.C15H16N2O5S.C10H9NO4S.C6H10ClNO.B/c1-17(16(21)18-6-4-3-5-7-18)13-9-11-12(24-13)8-10(14(19)22-2)15(20)23-11;1-16(15(21)17-5-3-2-4-6-17)12-8-10-11(23-12)7-9(13(18)19)14(20)22-10;1-11-8-4-6-7(16-8)3-5(9(12)14-2)10(13)15-6;7-6(9)8-4-2-1-3-5-8;/h8-9H,3-7H2,1-2H3;7-8H,2-6H2,1H3,(H,18,19);3-4,11H,1-2H3;1-5H2;. The summed E-state index contributed by atoms with van der Waals surface area (Å²) in [5.74, 6) is -2.75. The van der Waals surface area contributed by atoms with Crippen molar-refractivity contribution in [1.29, 1.82) is 0 Å². The number of anilines is 3. The number of nitrogens with one attached hydrogen (secondary N) is 1. The molecular weight excluding hydrogens is 1030 g/mol. The molecule has 0 unspecified atom stereocenters. The number of halogens is 1. The van der Waals surface area contributed by atoms with Gasteiger partial charge in [-0.15, -0.1) is 34.0 Å². The van der Waals surface area contributed by atoms with Crippen LogP contribution in [0.4, 0.5) is 29.4 Å². The van der Waals surface area contributed by atoms with Gasteiger partial charge < -0.3 is 47.8 Å². The second-order valence-corrected chi connectivity index (χ2v) is 20.0. The van der Waals surface area contributed by atoms with Crippen LogP contribution < -0.4 is 32.0 Å². The van der Waals surface area contributed by atoms with Crippen molar-refractivity contribution in [2.75, 3.05) is 89.7 Å². The number of urea groups is 2. The highest BCUT2D eigenvalue weighted by atomic mass is 35.5. The second-order valence-electron chi connectivity index (χ2n) is 16.4. The Balaban J connectivity index is 0.000000189. The number of hydrogen-bond donors (Lipinski definition) is 2. The molecule has 389 valence electrons. The molecule has 3 aliphatic rings. The second kappa shape index (κ2) is 26.3. The molecule has 26 heteroatoms. The number of carbonyl (C=O) groups is 6. The van der Waals surface area contributed by atoms with Crippen molar-refractivity contribution >= 4 is 135 Å². The Labute approximate surface area is 436 Å². The zero-order valence-corrected chi connectivity index (χ0v) is 43.9. The lowest BCUT2D eigenvalue weighted by Crippen LogP contribution is -2.43. The summed E-state index contributed by atoms with van der Waals surface area (Å²) in [6, 6.07) is 8.99. The van der Waals surface area contributed by atoms with Crippen molar-refractivity contribution in [2.45, 2.75) is 57.8 Å². The van der Waals surface area contributed by atoms with E-state index in [1.54, 1.807) is 54.0 Å². The number of carbonyl (C=O) groups excluding carboxylic acids is 5. The lowest BCUT2D eigenvalue weighted by atomic mass is 10.1. The monoisotopic (exact) mass is 1080 g/mol. The van der Waals surface area contributed by atoms with Crippen LogP contribution in [0.15, 0.2) is 64.0 Å². The zero-order chi connectivity index (χ0) is 52.2. The molecule has 3 radical (unpaired) electrons. The normalized spacial score (nSPS) is 14.2. The van der Waals surface area contributed by atoms with Gasteiger partial charge in [-0.25, -0.2) is 38.4 Å². The quantitative estimate of drug-likeness (QED) is 0.0686. The number of methoxy groups -OCH3 is 2. The molecule has 3 fully saturated rings. The molecule has 3 aliphatic heterocycles. The van der Waals surface area contributed by atoms with Crippen LogP contribution in [-0.2, 0) is 9.47 Å². The summed E-state index contributed by atoms with van der Waals surface area (Å²) in [6.45, 7) is 4.70. The van der Waals surface area contributed by atoms with Crippen molar-refractivity contribution in [3.05, 3.63) is 84.3 Å². The maximum atomic E-state index is 12.6. The molecule has 0 saturated carbocycles. The fraction of sp³-hybridized carbons (Fsp3) is 0.426. The largest absolute Gasteiger partial charge is 0.477 e. The Morgan fingerprint density at radius 2 is 0.904 bits per heavy atom.